The summed E-state index contributed by atoms with van der Waals surface area (Å²) in [6.07, 6.45) is 0. The smallest absolute Gasteiger partial charge is 0.202 e. The van der Waals surface area contributed by atoms with Crippen LogP contribution >= 0.6 is 11.3 Å². The van der Waals surface area contributed by atoms with Crippen molar-refractivity contribution in [1.29, 1.82) is 0 Å². The minimum Gasteiger partial charge on any atom is -0.288 e. The van der Waals surface area contributed by atoms with Crippen LogP contribution < -0.4 is 0 Å². The number of benzene rings is 2. The minimum absolute atomic E-state index is 0.108. The van der Waals surface area contributed by atoms with Crippen LogP contribution in [-0.4, -0.2) is 5.78 Å². The molecule has 1 aromatic heterocycles. The van der Waals surface area contributed by atoms with Gasteiger partial charge in [0.25, 0.3) is 0 Å². The number of thiophene rings is 1. The van der Waals surface area contributed by atoms with E-state index in [2.05, 4.69) is 39.0 Å². The molecule has 0 aliphatic heterocycles. The number of hydrogen-bond acceptors (Lipinski definition) is 2. The van der Waals surface area contributed by atoms with Crippen molar-refractivity contribution >= 4 is 27.2 Å². The van der Waals surface area contributed by atoms with Gasteiger partial charge in [-0.2, -0.15) is 0 Å². The lowest BCUT2D eigenvalue weighted by molar-refractivity contribution is 0.104. The molecule has 3 aromatic rings. The van der Waals surface area contributed by atoms with Crippen molar-refractivity contribution in [2.24, 2.45) is 0 Å². The Morgan fingerprint density at radius 1 is 0.952 bits per heavy atom. The van der Waals surface area contributed by atoms with Crippen molar-refractivity contribution in [3.8, 4) is 0 Å². The van der Waals surface area contributed by atoms with Crippen LogP contribution in [0.1, 0.15) is 41.6 Å². The number of carbonyl (C=O) groups is 1. The van der Waals surface area contributed by atoms with Gasteiger partial charge in [0.2, 0.25) is 5.78 Å². The van der Waals surface area contributed by atoms with E-state index in [0.717, 1.165) is 20.5 Å². The van der Waals surface area contributed by atoms with Gasteiger partial charge < -0.3 is 0 Å². The van der Waals surface area contributed by atoms with Crippen molar-refractivity contribution in [1.82, 2.24) is 0 Å². The molecule has 0 aliphatic rings. The Hall–Kier alpha value is -1.93. The van der Waals surface area contributed by atoms with Crippen LogP contribution in [0.5, 0.6) is 0 Å². The number of carbonyl (C=O) groups excluding carboxylic acids is 1. The molecular weight excluding hydrogens is 276 g/mol. The zero-order valence-corrected chi connectivity index (χ0v) is 13.3. The standard InChI is InChI=1S/C19H18OS/c1-19(2,3)15-10-8-13(9-11-15)18(20)17-12-14-6-4-5-7-16(14)21-17/h4-12H,1-3H3. The van der Waals surface area contributed by atoms with E-state index < -0.39 is 0 Å². The van der Waals surface area contributed by atoms with E-state index in [4.69, 9.17) is 0 Å². The van der Waals surface area contributed by atoms with Gasteiger partial charge in [-0.1, -0.05) is 63.2 Å². The van der Waals surface area contributed by atoms with Gasteiger partial charge in [0.05, 0.1) is 4.88 Å². The Balaban J connectivity index is 1.94. The molecule has 0 saturated heterocycles. The summed E-state index contributed by atoms with van der Waals surface area (Å²) in [5.41, 5.74) is 2.11. The molecule has 0 saturated carbocycles. The second-order valence-corrected chi connectivity index (χ2v) is 7.39. The summed E-state index contributed by atoms with van der Waals surface area (Å²) in [7, 11) is 0. The molecule has 2 aromatic carbocycles. The van der Waals surface area contributed by atoms with Gasteiger partial charge in [0.15, 0.2) is 0 Å². The topological polar surface area (TPSA) is 17.1 Å². The first-order valence-corrected chi connectivity index (χ1v) is 7.90. The van der Waals surface area contributed by atoms with E-state index >= 15 is 0 Å². The van der Waals surface area contributed by atoms with Crippen LogP contribution in [0, 0.1) is 0 Å². The van der Waals surface area contributed by atoms with Gasteiger partial charge in [-0.3, -0.25) is 4.79 Å². The van der Waals surface area contributed by atoms with E-state index in [1.165, 1.54) is 5.56 Å². The van der Waals surface area contributed by atoms with E-state index in [1.54, 1.807) is 11.3 Å². The maximum atomic E-state index is 12.6. The number of rotatable bonds is 2. The molecule has 0 spiro atoms. The summed E-state index contributed by atoms with van der Waals surface area (Å²) in [5.74, 6) is 0.108. The van der Waals surface area contributed by atoms with E-state index in [9.17, 15) is 4.79 Å². The Morgan fingerprint density at radius 2 is 1.62 bits per heavy atom. The molecule has 0 amide bonds. The lowest BCUT2D eigenvalue weighted by Crippen LogP contribution is -2.11. The lowest BCUT2D eigenvalue weighted by atomic mass is 9.86. The highest BCUT2D eigenvalue weighted by Gasteiger charge is 2.16. The van der Waals surface area contributed by atoms with Crippen LogP contribution in [0.3, 0.4) is 0 Å². The molecular formula is C19H18OS. The fourth-order valence-electron chi connectivity index (χ4n) is 2.36. The molecule has 106 valence electrons. The van der Waals surface area contributed by atoms with Gasteiger partial charge in [-0.15, -0.1) is 11.3 Å². The van der Waals surface area contributed by atoms with E-state index in [-0.39, 0.29) is 11.2 Å². The largest absolute Gasteiger partial charge is 0.288 e. The fourth-order valence-corrected chi connectivity index (χ4v) is 3.38. The van der Waals surface area contributed by atoms with Crippen molar-refractivity contribution in [3.05, 3.63) is 70.6 Å². The molecule has 21 heavy (non-hydrogen) atoms. The monoisotopic (exact) mass is 294 g/mol. The highest BCUT2D eigenvalue weighted by molar-refractivity contribution is 7.21. The predicted molar refractivity (Wildman–Crippen MR) is 90.4 cm³/mol. The molecule has 0 N–H and O–H groups in total. The van der Waals surface area contributed by atoms with E-state index in [0.29, 0.717) is 0 Å². The molecule has 1 nitrogen and oxygen atoms in total. The first-order chi connectivity index (χ1) is 9.95. The zero-order chi connectivity index (χ0) is 15.0. The van der Waals surface area contributed by atoms with E-state index in [1.807, 2.05) is 36.4 Å². The molecule has 2 heteroatoms. The van der Waals surface area contributed by atoms with Gasteiger partial charge in [-0.25, -0.2) is 0 Å². The van der Waals surface area contributed by atoms with Crippen LogP contribution in [0.25, 0.3) is 10.1 Å². The van der Waals surface area contributed by atoms with Crippen molar-refractivity contribution in [2.75, 3.05) is 0 Å². The molecule has 0 unspecified atom stereocenters. The summed E-state index contributed by atoms with van der Waals surface area (Å²) in [6, 6.07) is 18.1. The first-order valence-electron chi connectivity index (χ1n) is 7.09. The summed E-state index contributed by atoms with van der Waals surface area (Å²) < 4.78 is 1.16. The molecule has 0 aliphatic carbocycles. The molecule has 0 radical (unpaired) electrons. The van der Waals surface area contributed by atoms with Gasteiger partial charge in [-0.05, 0) is 28.5 Å². The summed E-state index contributed by atoms with van der Waals surface area (Å²) >= 11 is 1.56. The summed E-state index contributed by atoms with van der Waals surface area (Å²) in [6.45, 7) is 6.53. The van der Waals surface area contributed by atoms with Crippen LogP contribution in [0.15, 0.2) is 54.6 Å². The molecule has 0 bridgehead atoms. The van der Waals surface area contributed by atoms with Crippen molar-refractivity contribution in [3.63, 3.8) is 0 Å². The predicted octanol–water partition coefficient (Wildman–Crippen LogP) is 5.43. The third-order valence-electron chi connectivity index (χ3n) is 3.66. The third kappa shape index (κ3) is 2.77. The van der Waals surface area contributed by atoms with Crippen LogP contribution in [-0.2, 0) is 5.41 Å². The van der Waals surface area contributed by atoms with Gasteiger partial charge >= 0.3 is 0 Å². The highest BCUT2D eigenvalue weighted by Crippen LogP contribution is 2.28. The maximum Gasteiger partial charge on any atom is 0.202 e. The second-order valence-electron chi connectivity index (χ2n) is 6.30. The van der Waals surface area contributed by atoms with Gasteiger partial charge in [0, 0.05) is 10.3 Å². The molecule has 0 fully saturated rings. The van der Waals surface area contributed by atoms with Crippen LogP contribution in [0.2, 0.25) is 0 Å². The first kappa shape index (κ1) is 14.0. The fraction of sp³-hybridized carbons (Fsp3) is 0.211. The Kier molecular flexibility index (Phi) is 3.42. The Labute approximate surface area is 129 Å². The lowest BCUT2D eigenvalue weighted by Gasteiger charge is -2.18. The summed E-state index contributed by atoms with van der Waals surface area (Å²) in [4.78, 5) is 13.4. The quantitative estimate of drug-likeness (QED) is 0.576. The van der Waals surface area contributed by atoms with Crippen LogP contribution in [0.4, 0.5) is 0 Å². The molecule has 0 atom stereocenters. The number of fused-ring (bicyclic) bond motifs is 1. The minimum atomic E-state index is 0.108. The molecule has 3 rings (SSSR count). The second kappa shape index (κ2) is 5.12. The maximum absolute atomic E-state index is 12.6. The van der Waals surface area contributed by atoms with Crippen molar-refractivity contribution in [2.45, 2.75) is 26.2 Å². The average molecular weight is 294 g/mol. The Bertz CT molecular complexity index is 755. The zero-order valence-electron chi connectivity index (χ0n) is 12.5. The highest BCUT2D eigenvalue weighted by atomic mass is 32.1. The van der Waals surface area contributed by atoms with Crippen molar-refractivity contribution < 1.29 is 4.79 Å². The normalized spacial score (nSPS) is 11.8. The SMILES string of the molecule is CC(C)(C)c1ccc(C(=O)c2cc3ccccc3s2)cc1. The average Bonchev–Trinajstić information content (AvgIpc) is 2.89. The number of ketones is 1. The third-order valence-corrected chi connectivity index (χ3v) is 4.78. The Morgan fingerprint density at radius 3 is 2.24 bits per heavy atom. The summed E-state index contributed by atoms with van der Waals surface area (Å²) in [5, 5.41) is 1.14. The van der Waals surface area contributed by atoms with Gasteiger partial charge in [0.1, 0.15) is 0 Å². The number of hydrogen-bond donors (Lipinski definition) is 0. The molecule has 1 heterocycles.